The lowest BCUT2D eigenvalue weighted by Crippen LogP contribution is -2.33. The fourth-order valence-corrected chi connectivity index (χ4v) is 4.16. The second kappa shape index (κ2) is 6.38. The van der Waals surface area contributed by atoms with Crippen LogP contribution in [-0.2, 0) is 0 Å². The molecular weight excluding hydrogens is 220 g/mol. The lowest BCUT2D eigenvalue weighted by molar-refractivity contribution is 0.226. The van der Waals surface area contributed by atoms with Crippen molar-refractivity contribution in [3.05, 3.63) is 0 Å². The average Bonchev–Trinajstić information content (AvgIpc) is 3.03. The van der Waals surface area contributed by atoms with Crippen LogP contribution in [0.15, 0.2) is 0 Å². The molecule has 0 spiro atoms. The summed E-state index contributed by atoms with van der Waals surface area (Å²) < 4.78 is 0. The molecule has 0 radical (unpaired) electrons. The second-order valence-electron chi connectivity index (χ2n) is 6.61. The van der Waals surface area contributed by atoms with Gasteiger partial charge in [-0.05, 0) is 70.0 Å². The zero-order chi connectivity index (χ0) is 13.0. The summed E-state index contributed by atoms with van der Waals surface area (Å²) in [6.07, 6.45) is 9.85. The third kappa shape index (κ3) is 3.08. The van der Waals surface area contributed by atoms with E-state index >= 15 is 0 Å². The summed E-state index contributed by atoms with van der Waals surface area (Å²) >= 11 is 0. The van der Waals surface area contributed by atoms with Gasteiger partial charge in [-0.15, -0.1) is 0 Å². The number of nitrogens with zero attached hydrogens (tertiary/aromatic N) is 1. The van der Waals surface area contributed by atoms with Gasteiger partial charge in [0.05, 0.1) is 0 Å². The minimum atomic E-state index is 0.651. The first-order chi connectivity index (χ1) is 8.73. The molecule has 1 aliphatic heterocycles. The monoisotopic (exact) mass is 252 g/mol. The summed E-state index contributed by atoms with van der Waals surface area (Å²) in [5.74, 6) is 0.938. The highest BCUT2D eigenvalue weighted by atomic mass is 15.2. The molecule has 2 unspecified atom stereocenters. The summed E-state index contributed by atoms with van der Waals surface area (Å²) in [7, 11) is 2.14. The SMILES string of the molecule is CCC1(CC)CCN(CCC2CCCC2NC)C1. The minimum absolute atomic E-state index is 0.651. The highest BCUT2D eigenvalue weighted by Gasteiger charge is 2.35. The summed E-state index contributed by atoms with van der Waals surface area (Å²) in [5.41, 5.74) is 0.651. The third-order valence-electron chi connectivity index (χ3n) is 5.86. The lowest BCUT2D eigenvalue weighted by atomic mass is 9.82. The Kier molecular flexibility index (Phi) is 5.08. The summed E-state index contributed by atoms with van der Waals surface area (Å²) in [6.45, 7) is 8.79. The van der Waals surface area contributed by atoms with E-state index in [1.807, 2.05) is 0 Å². The predicted octanol–water partition coefficient (Wildman–Crippen LogP) is 3.28. The number of hydrogen-bond acceptors (Lipinski definition) is 2. The molecule has 2 nitrogen and oxygen atoms in total. The van der Waals surface area contributed by atoms with E-state index in [0.717, 1.165) is 12.0 Å². The van der Waals surface area contributed by atoms with Crippen LogP contribution in [-0.4, -0.2) is 37.6 Å². The number of nitrogens with one attached hydrogen (secondary N) is 1. The number of likely N-dealkylation sites (tertiary alicyclic amines) is 1. The molecule has 0 bridgehead atoms. The Hall–Kier alpha value is -0.0800. The Morgan fingerprint density at radius 1 is 1.22 bits per heavy atom. The van der Waals surface area contributed by atoms with Crippen molar-refractivity contribution in [3.8, 4) is 0 Å². The van der Waals surface area contributed by atoms with Gasteiger partial charge in [0.1, 0.15) is 0 Å². The maximum Gasteiger partial charge on any atom is 0.00928 e. The molecule has 1 saturated heterocycles. The molecule has 0 aromatic rings. The molecule has 0 aromatic heterocycles. The van der Waals surface area contributed by atoms with Gasteiger partial charge in [-0.25, -0.2) is 0 Å². The van der Waals surface area contributed by atoms with Gasteiger partial charge >= 0.3 is 0 Å². The van der Waals surface area contributed by atoms with Gasteiger partial charge in [-0.3, -0.25) is 0 Å². The molecule has 18 heavy (non-hydrogen) atoms. The molecule has 2 fully saturated rings. The zero-order valence-corrected chi connectivity index (χ0v) is 12.7. The average molecular weight is 252 g/mol. The Bertz CT molecular complexity index is 247. The van der Waals surface area contributed by atoms with Crippen LogP contribution >= 0.6 is 0 Å². The molecule has 1 aliphatic carbocycles. The quantitative estimate of drug-likeness (QED) is 0.780. The first kappa shape index (κ1) is 14.3. The minimum Gasteiger partial charge on any atom is -0.317 e. The van der Waals surface area contributed by atoms with Crippen molar-refractivity contribution >= 4 is 0 Å². The van der Waals surface area contributed by atoms with Crippen LogP contribution < -0.4 is 5.32 Å². The second-order valence-corrected chi connectivity index (χ2v) is 6.61. The van der Waals surface area contributed by atoms with Crippen LogP contribution in [0.4, 0.5) is 0 Å². The maximum atomic E-state index is 3.51. The van der Waals surface area contributed by atoms with E-state index in [0.29, 0.717) is 5.41 Å². The van der Waals surface area contributed by atoms with Crippen molar-refractivity contribution in [2.75, 3.05) is 26.7 Å². The van der Waals surface area contributed by atoms with E-state index < -0.39 is 0 Å². The van der Waals surface area contributed by atoms with Crippen LogP contribution in [0, 0.1) is 11.3 Å². The Labute approximate surface area is 114 Å². The van der Waals surface area contributed by atoms with Crippen molar-refractivity contribution in [2.45, 2.75) is 64.8 Å². The molecule has 2 aliphatic rings. The van der Waals surface area contributed by atoms with Gasteiger partial charge in [0.15, 0.2) is 0 Å². The topological polar surface area (TPSA) is 15.3 Å². The third-order valence-corrected chi connectivity index (χ3v) is 5.86. The van der Waals surface area contributed by atoms with Crippen LogP contribution in [0.1, 0.15) is 58.8 Å². The standard InChI is InChI=1S/C16H32N2/c1-4-16(5-2)10-12-18(13-16)11-9-14-7-6-8-15(14)17-3/h14-15,17H,4-13H2,1-3H3. The predicted molar refractivity (Wildman–Crippen MR) is 78.9 cm³/mol. The molecular formula is C16H32N2. The highest BCUT2D eigenvalue weighted by Crippen LogP contribution is 2.37. The highest BCUT2D eigenvalue weighted by molar-refractivity contribution is 4.89. The molecule has 2 heteroatoms. The van der Waals surface area contributed by atoms with E-state index in [4.69, 9.17) is 0 Å². The number of rotatable bonds is 6. The normalized spacial score (nSPS) is 32.2. The summed E-state index contributed by atoms with van der Waals surface area (Å²) in [5, 5.41) is 3.51. The largest absolute Gasteiger partial charge is 0.317 e. The Morgan fingerprint density at radius 3 is 2.61 bits per heavy atom. The number of hydrogen-bond donors (Lipinski definition) is 1. The van der Waals surface area contributed by atoms with Gasteiger partial charge in [0, 0.05) is 12.6 Å². The molecule has 2 atom stereocenters. The molecule has 1 heterocycles. The first-order valence-corrected chi connectivity index (χ1v) is 8.12. The van der Waals surface area contributed by atoms with Crippen LogP contribution in [0.5, 0.6) is 0 Å². The molecule has 106 valence electrons. The summed E-state index contributed by atoms with van der Waals surface area (Å²) in [6, 6.07) is 0.801. The molecule has 1 N–H and O–H groups in total. The first-order valence-electron chi connectivity index (χ1n) is 8.12. The maximum absolute atomic E-state index is 3.51. The summed E-state index contributed by atoms with van der Waals surface area (Å²) in [4.78, 5) is 2.73. The van der Waals surface area contributed by atoms with Crippen molar-refractivity contribution in [1.29, 1.82) is 0 Å². The van der Waals surface area contributed by atoms with Gasteiger partial charge in [-0.1, -0.05) is 20.3 Å². The smallest absolute Gasteiger partial charge is 0.00928 e. The van der Waals surface area contributed by atoms with Gasteiger partial charge in [0.25, 0.3) is 0 Å². The van der Waals surface area contributed by atoms with E-state index in [-0.39, 0.29) is 0 Å². The molecule has 0 aromatic carbocycles. The van der Waals surface area contributed by atoms with Gasteiger partial charge < -0.3 is 10.2 Å². The van der Waals surface area contributed by atoms with Gasteiger partial charge in [-0.2, -0.15) is 0 Å². The fraction of sp³-hybridized carbons (Fsp3) is 1.00. The lowest BCUT2D eigenvalue weighted by Gasteiger charge is -2.27. The van der Waals surface area contributed by atoms with Gasteiger partial charge in [0.2, 0.25) is 0 Å². The van der Waals surface area contributed by atoms with Crippen molar-refractivity contribution < 1.29 is 0 Å². The van der Waals surface area contributed by atoms with Crippen LogP contribution in [0.25, 0.3) is 0 Å². The van der Waals surface area contributed by atoms with Crippen molar-refractivity contribution in [3.63, 3.8) is 0 Å². The van der Waals surface area contributed by atoms with Crippen LogP contribution in [0.2, 0.25) is 0 Å². The molecule has 2 rings (SSSR count). The van der Waals surface area contributed by atoms with Crippen molar-refractivity contribution in [2.24, 2.45) is 11.3 Å². The van der Waals surface area contributed by atoms with E-state index in [1.54, 1.807) is 0 Å². The fourth-order valence-electron chi connectivity index (χ4n) is 4.16. The van der Waals surface area contributed by atoms with Crippen LogP contribution in [0.3, 0.4) is 0 Å². The zero-order valence-electron chi connectivity index (χ0n) is 12.7. The van der Waals surface area contributed by atoms with Crippen molar-refractivity contribution in [1.82, 2.24) is 10.2 Å². The Morgan fingerprint density at radius 2 is 2.00 bits per heavy atom. The Balaban J connectivity index is 1.75. The van der Waals surface area contributed by atoms with E-state index in [9.17, 15) is 0 Å². The molecule has 1 saturated carbocycles. The van der Waals surface area contributed by atoms with E-state index in [1.165, 1.54) is 64.6 Å². The van der Waals surface area contributed by atoms with E-state index in [2.05, 4.69) is 31.1 Å². The molecule has 0 amide bonds.